The molecule has 1 saturated heterocycles. The van der Waals surface area contributed by atoms with Crippen LogP contribution in [0.15, 0.2) is 12.1 Å². The van der Waals surface area contributed by atoms with Gasteiger partial charge >= 0.3 is 5.97 Å². The van der Waals surface area contributed by atoms with Crippen molar-refractivity contribution >= 4 is 11.9 Å². The number of aliphatic carboxylic acids is 1. The summed E-state index contributed by atoms with van der Waals surface area (Å²) in [6.07, 6.45) is 0.870. The van der Waals surface area contributed by atoms with Crippen LogP contribution in [0.25, 0.3) is 0 Å². The summed E-state index contributed by atoms with van der Waals surface area (Å²) in [4.78, 5) is 24.5. The monoisotopic (exact) mass is 301 g/mol. The Morgan fingerprint density at radius 1 is 1.24 bits per heavy atom. The van der Waals surface area contributed by atoms with Gasteiger partial charge in [0.15, 0.2) is 17.5 Å². The minimum atomic E-state index is -1.66. The summed E-state index contributed by atoms with van der Waals surface area (Å²) < 4.78 is 39.3. The predicted octanol–water partition coefficient (Wildman–Crippen LogP) is 2.43. The first kappa shape index (κ1) is 15.3. The zero-order valence-electron chi connectivity index (χ0n) is 11.3. The number of nitrogens with zero attached hydrogens (tertiary/aromatic N) is 1. The molecule has 2 unspecified atom stereocenters. The molecule has 0 radical (unpaired) electrons. The molecule has 1 aliphatic heterocycles. The molecule has 1 heterocycles. The Hall–Kier alpha value is -2.05. The van der Waals surface area contributed by atoms with Crippen LogP contribution >= 0.6 is 0 Å². The van der Waals surface area contributed by atoms with Crippen LogP contribution < -0.4 is 0 Å². The summed E-state index contributed by atoms with van der Waals surface area (Å²) in [6.45, 7) is 2.05. The Labute approximate surface area is 119 Å². The summed E-state index contributed by atoms with van der Waals surface area (Å²) in [5.74, 6) is -6.46. The van der Waals surface area contributed by atoms with Crippen molar-refractivity contribution in [2.45, 2.75) is 25.8 Å². The second kappa shape index (κ2) is 5.75. The number of carboxylic acids is 1. The Morgan fingerprint density at radius 2 is 1.81 bits per heavy atom. The molecule has 2 rings (SSSR count). The van der Waals surface area contributed by atoms with Gasteiger partial charge in [-0.15, -0.1) is 0 Å². The number of carbonyl (C=O) groups is 2. The Kier molecular flexibility index (Phi) is 4.20. The van der Waals surface area contributed by atoms with Gasteiger partial charge in [-0.1, -0.05) is 6.92 Å². The van der Waals surface area contributed by atoms with Gasteiger partial charge in [0.2, 0.25) is 0 Å². The van der Waals surface area contributed by atoms with Gasteiger partial charge in [-0.05, 0) is 30.9 Å². The fraction of sp³-hybridized carbons (Fsp3) is 0.429. The molecular formula is C14H14F3NO3. The van der Waals surface area contributed by atoms with E-state index in [1.165, 1.54) is 0 Å². The lowest BCUT2D eigenvalue weighted by atomic mass is 9.92. The minimum Gasteiger partial charge on any atom is -0.480 e. The van der Waals surface area contributed by atoms with Crippen molar-refractivity contribution in [2.75, 3.05) is 6.54 Å². The predicted molar refractivity (Wildman–Crippen MR) is 67.2 cm³/mol. The van der Waals surface area contributed by atoms with Crippen molar-refractivity contribution in [1.29, 1.82) is 0 Å². The lowest BCUT2D eigenvalue weighted by Crippen LogP contribution is -2.49. The average molecular weight is 301 g/mol. The number of piperidine rings is 1. The Morgan fingerprint density at radius 3 is 2.33 bits per heavy atom. The molecule has 21 heavy (non-hydrogen) atoms. The fourth-order valence-electron chi connectivity index (χ4n) is 2.46. The molecule has 7 heteroatoms. The van der Waals surface area contributed by atoms with Gasteiger partial charge < -0.3 is 10.0 Å². The van der Waals surface area contributed by atoms with Crippen LogP contribution in [0.2, 0.25) is 0 Å². The number of halogens is 3. The number of hydrogen-bond donors (Lipinski definition) is 1. The Bertz CT molecular complexity index is 568. The number of rotatable bonds is 2. The summed E-state index contributed by atoms with van der Waals surface area (Å²) >= 11 is 0. The molecule has 0 spiro atoms. The smallest absolute Gasteiger partial charge is 0.326 e. The molecule has 1 aromatic rings. The molecule has 4 nitrogen and oxygen atoms in total. The van der Waals surface area contributed by atoms with Gasteiger partial charge in [-0.3, -0.25) is 4.79 Å². The molecule has 0 saturated carbocycles. The second-order valence-corrected chi connectivity index (χ2v) is 5.24. The van der Waals surface area contributed by atoms with E-state index in [1.807, 2.05) is 6.92 Å². The molecule has 1 fully saturated rings. The molecule has 0 aromatic heterocycles. The second-order valence-electron chi connectivity index (χ2n) is 5.24. The van der Waals surface area contributed by atoms with Crippen LogP contribution in [0.5, 0.6) is 0 Å². The maximum atomic E-state index is 13.2. The normalized spacial score (nSPS) is 22.2. The van der Waals surface area contributed by atoms with Crippen molar-refractivity contribution in [3.05, 3.63) is 35.1 Å². The third-order valence-corrected chi connectivity index (χ3v) is 3.64. The highest BCUT2D eigenvalue weighted by Gasteiger charge is 2.35. The summed E-state index contributed by atoms with van der Waals surface area (Å²) in [5, 5.41) is 9.17. The van der Waals surface area contributed by atoms with Gasteiger partial charge in [0.1, 0.15) is 6.04 Å². The SMILES string of the molecule is CC1CCN(C(=O)c2cc(F)c(F)c(F)c2)C(C(=O)O)C1. The van der Waals surface area contributed by atoms with Crippen molar-refractivity contribution in [1.82, 2.24) is 4.90 Å². The van der Waals surface area contributed by atoms with E-state index in [9.17, 15) is 27.9 Å². The molecule has 0 aliphatic carbocycles. The molecule has 114 valence electrons. The van der Waals surface area contributed by atoms with E-state index in [1.54, 1.807) is 0 Å². The third-order valence-electron chi connectivity index (χ3n) is 3.64. The van der Waals surface area contributed by atoms with Crippen molar-refractivity contribution < 1.29 is 27.9 Å². The van der Waals surface area contributed by atoms with E-state index in [0.29, 0.717) is 18.6 Å². The first-order valence-electron chi connectivity index (χ1n) is 6.49. The zero-order chi connectivity index (χ0) is 15.7. The molecule has 1 aromatic carbocycles. The largest absolute Gasteiger partial charge is 0.480 e. The van der Waals surface area contributed by atoms with Crippen LogP contribution in [0.3, 0.4) is 0 Å². The van der Waals surface area contributed by atoms with Crippen LogP contribution in [0, 0.1) is 23.4 Å². The van der Waals surface area contributed by atoms with Crippen molar-refractivity contribution in [3.8, 4) is 0 Å². The summed E-state index contributed by atoms with van der Waals surface area (Å²) in [5.41, 5.74) is -0.396. The van der Waals surface area contributed by atoms with E-state index < -0.39 is 40.9 Å². The maximum Gasteiger partial charge on any atom is 0.326 e. The van der Waals surface area contributed by atoms with E-state index in [2.05, 4.69) is 0 Å². The molecular weight excluding hydrogens is 287 g/mol. The zero-order valence-corrected chi connectivity index (χ0v) is 11.3. The average Bonchev–Trinajstić information content (AvgIpc) is 2.43. The first-order chi connectivity index (χ1) is 9.81. The Balaban J connectivity index is 2.32. The highest BCUT2D eigenvalue weighted by atomic mass is 19.2. The highest BCUT2D eigenvalue weighted by molar-refractivity contribution is 5.96. The number of amides is 1. The van der Waals surface area contributed by atoms with Gasteiger partial charge in [0, 0.05) is 12.1 Å². The number of benzene rings is 1. The molecule has 2 atom stereocenters. The topological polar surface area (TPSA) is 57.6 Å². The fourth-order valence-corrected chi connectivity index (χ4v) is 2.46. The summed E-state index contributed by atoms with van der Waals surface area (Å²) in [6, 6.07) is 0.118. The third kappa shape index (κ3) is 3.01. The lowest BCUT2D eigenvalue weighted by molar-refractivity contribution is -0.144. The van der Waals surface area contributed by atoms with E-state index in [0.717, 1.165) is 4.90 Å². The molecule has 1 N–H and O–H groups in total. The van der Waals surface area contributed by atoms with Gasteiger partial charge in [0.05, 0.1) is 0 Å². The highest BCUT2D eigenvalue weighted by Crippen LogP contribution is 2.25. The van der Waals surface area contributed by atoms with E-state index in [4.69, 9.17) is 0 Å². The first-order valence-corrected chi connectivity index (χ1v) is 6.49. The quantitative estimate of drug-likeness (QED) is 0.854. The minimum absolute atomic E-state index is 0.136. The van der Waals surface area contributed by atoms with Crippen LogP contribution in [0.4, 0.5) is 13.2 Å². The molecule has 1 aliphatic rings. The number of carbonyl (C=O) groups excluding carboxylic acids is 1. The number of carboxylic acid groups (broad SMARTS) is 1. The maximum absolute atomic E-state index is 13.2. The van der Waals surface area contributed by atoms with Gasteiger partial charge in [0.25, 0.3) is 5.91 Å². The molecule has 0 bridgehead atoms. The van der Waals surface area contributed by atoms with Crippen LogP contribution in [0.1, 0.15) is 30.1 Å². The van der Waals surface area contributed by atoms with Crippen LogP contribution in [-0.2, 0) is 4.79 Å². The van der Waals surface area contributed by atoms with Crippen molar-refractivity contribution in [2.24, 2.45) is 5.92 Å². The van der Waals surface area contributed by atoms with Gasteiger partial charge in [-0.2, -0.15) is 0 Å². The van der Waals surface area contributed by atoms with E-state index in [-0.39, 0.29) is 18.9 Å². The lowest BCUT2D eigenvalue weighted by Gasteiger charge is -2.36. The molecule has 1 amide bonds. The van der Waals surface area contributed by atoms with E-state index >= 15 is 0 Å². The van der Waals surface area contributed by atoms with Crippen molar-refractivity contribution in [3.63, 3.8) is 0 Å². The summed E-state index contributed by atoms with van der Waals surface area (Å²) in [7, 11) is 0. The van der Waals surface area contributed by atoms with Crippen LogP contribution in [-0.4, -0.2) is 34.5 Å². The van der Waals surface area contributed by atoms with Gasteiger partial charge in [-0.25, -0.2) is 18.0 Å². The number of likely N-dealkylation sites (tertiary alicyclic amines) is 1. The standard InChI is InChI=1S/C14H14F3NO3/c1-7-2-3-18(11(4-7)14(20)21)13(19)8-5-9(15)12(17)10(16)6-8/h5-7,11H,2-4H2,1H3,(H,20,21). The number of hydrogen-bond acceptors (Lipinski definition) is 2.